The molecule has 1 aromatic heterocycles. The van der Waals surface area contributed by atoms with E-state index in [1.54, 1.807) is 0 Å². The van der Waals surface area contributed by atoms with Crippen molar-refractivity contribution >= 4 is 11.0 Å². The smallest absolute Gasteiger partial charge is 0.140 e. The maximum Gasteiger partial charge on any atom is 0.140 e. The first-order valence-electron chi connectivity index (χ1n) is 7.45. The van der Waals surface area contributed by atoms with Crippen molar-refractivity contribution < 1.29 is 4.42 Å². The van der Waals surface area contributed by atoms with E-state index in [4.69, 9.17) is 4.42 Å². The van der Waals surface area contributed by atoms with E-state index in [2.05, 4.69) is 45.9 Å². The molecule has 2 aromatic carbocycles. The molecule has 2 heteroatoms. The van der Waals surface area contributed by atoms with E-state index in [1.165, 1.54) is 5.56 Å². The fraction of sp³-hybridized carbons (Fsp3) is 0.250. The van der Waals surface area contributed by atoms with Crippen LogP contribution in [0.15, 0.2) is 46.9 Å². The first-order chi connectivity index (χ1) is 10.4. The summed E-state index contributed by atoms with van der Waals surface area (Å²) >= 11 is 0. The molecular formula is C20H19NO. The van der Waals surface area contributed by atoms with Crippen molar-refractivity contribution in [2.75, 3.05) is 0 Å². The Labute approximate surface area is 131 Å². The summed E-state index contributed by atoms with van der Waals surface area (Å²) in [4.78, 5) is 0. The average Bonchev–Trinajstić information content (AvgIpc) is 2.85. The molecule has 3 aromatic rings. The molecule has 0 saturated heterocycles. The van der Waals surface area contributed by atoms with Crippen molar-refractivity contribution in [2.45, 2.75) is 33.1 Å². The van der Waals surface area contributed by atoms with Gasteiger partial charge >= 0.3 is 0 Å². The largest absolute Gasteiger partial charge is 0.456 e. The third-order valence-electron chi connectivity index (χ3n) is 3.89. The van der Waals surface area contributed by atoms with Crippen LogP contribution in [-0.4, -0.2) is 0 Å². The first-order valence-corrected chi connectivity index (χ1v) is 7.45. The lowest BCUT2D eigenvalue weighted by atomic mass is 9.83. The zero-order valence-corrected chi connectivity index (χ0v) is 13.4. The molecule has 1 heterocycles. The summed E-state index contributed by atoms with van der Waals surface area (Å²) in [5.41, 5.74) is 4.68. The molecule has 0 aliphatic heterocycles. The Morgan fingerprint density at radius 1 is 1.05 bits per heavy atom. The number of nitrogens with zero attached hydrogens (tertiary/aromatic N) is 1. The van der Waals surface area contributed by atoms with Crippen LogP contribution in [0.25, 0.3) is 22.3 Å². The number of hydrogen-bond donors (Lipinski definition) is 0. The predicted molar refractivity (Wildman–Crippen MR) is 89.8 cm³/mol. The minimum Gasteiger partial charge on any atom is -0.456 e. The van der Waals surface area contributed by atoms with Crippen LogP contribution in [0.3, 0.4) is 0 Å². The zero-order valence-electron chi connectivity index (χ0n) is 13.4. The molecule has 0 aliphatic rings. The SMILES string of the molecule is Cc1ccc2oc(-c3ccccc3C#N)c(C(C)(C)C)c2c1. The standard InChI is InChI=1S/C20H19NO/c1-13-9-10-17-16(11-13)18(20(2,3)4)19(22-17)15-8-6-5-7-14(15)12-21/h5-11H,1-4H3. The molecule has 0 aliphatic carbocycles. The fourth-order valence-corrected chi connectivity index (χ4v) is 2.92. The Morgan fingerprint density at radius 3 is 2.45 bits per heavy atom. The molecule has 110 valence electrons. The molecule has 0 N–H and O–H groups in total. The second-order valence-electron chi connectivity index (χ2n) is 6.71. The van der Waals surface area contributed by atoms with Gasteiger partial charge in [-0.1, -0.05) is 44.5 Å². The topological polar surface area (TPSA) is 36.9 Å². The molecular weight excluding hydrogens is 270 g/mol. The Morgan fingerprint density at radius 2 is 1.77 bits per heavy atom. The maximum atomic E-state index is 9.40. The molecule has 0 spiro atoms. The highest BCUT2D eigenvalue weighted by Crippen LogP contribution is 2.42. The van der Waals surface area contributed by atoms with Gasteiger partial charge in [0.1, 0.15) is 11.3 Å². The van der Waals surface area contributed by atoms with Crippen molar-refractivity contribution in [1.82, 2.24) is 0 Å². The number of benzene rings is 2. The van der Waals surface area contributed by atoms with Gasteiger partial charge in [0.15, 0.2) is 0 Å². The second-order valence-corrected chi connectivity index (χ2v) is 6.71. The van der Waals surface area contributed by atoms with Gasteiger partial charge < -0.3 is 4.42 Å². The number of rotatable bonds is 1. The van der Waals surface area contributed by atoms with E-state index in [0.717, 1.165) is 27.9 Å². The van der Waals surface area contributed by atoms with Crippen LogP contribution in [0.1, 0.15) is 37.5 Å². The summed E-state index contributed by atoms with van der Waals surface area (Å²) in [5, 5.41) is 10.5. The predicted octanol–water partition coefficient (Wildman–Crippen LogP) is 5.58. The highest BCUT2D eigenvalue weighted by atomic mass is 16.3. The lowest BCUT2D eigenvalue weighted by molar-refractivity contribution is 0.568. The van der Waals surface area contributed by atoms with Crippen LogP contribution < -0.4 is 0 Å². The van der Waals surface area contributed by atoms with E-state index >= 15 is 0 Å². The average molecular weight is 289 g/mol. The molecule has 0 saturated carbocycles. The van der Waals surface area contributed by atoms with Crippen LogP contribution in [0, 0.1) is 18.3 Å². The van der Waals surface area contributed by atoms with Crippen LogP contribution in [0.4, 0.5) is 0 Å². The minimum absolute atomic E-state index is 0.0725. The van der Waals surface area contributed by atoms with E-state index in [9.17, 15) is 5.26 Å². The van der Waals surface area contributed by atoms with Crippen molar-refractivity contribution in [1.29, 1.82) is 5.26 Å². The highest BCUT2D eigenvalue weighted by Gasteiger charge is 2.27. The van der Waals surface area contributed by atoms with Gasteiger partial charge in [-0.25, -0.2) is 0 Å². The second kappa shape index (κ2) is 5.03. The van der Waals surface area contributed by atoms with Gasteiger partial charge in [-0.3, -0.25) is 0 Å². The monoisotopic (exact) mass is 289 g/mol. The van der Waals surface area contributed by atoms with Gasteiger partial charge in [-0.2, -0.15) is 5.26 Å². The van der Waals surface area contributed by atoms with E-state index in [-0.39, 0.29) is 5.41 Å². The summed E-state index contributed by atoms with van der Waals surface area (Å²) < 4.78 is 6.16. The molecule has 0 fully saturated rings. The Kier molecular flexibility index (Phi) is 3.30. The van der Waals surface area contributed by atoms with Crippen molar-refractivity contribution in [3.8, 4) is 17.4 Å². The zero-order chi connectivity index (χ0) is 15.9. The Hall–Kier alpha value is -2.53. The van der Waals surface area contributed by atoms with E-state index in [0.29, 0.717) is 5.56 Å². The summed E-state index contributed by atoms with van der Waals surface area (Å²) in [7, 11) is 0. The van der Waals surface area contributed by atoms with Crippen LogP contribution in [0.2, 0.25) is 0 Å². The fourth-order valence-electron chi connectivity index (χ4n) is 2.92. The molecule has 0 amide bonds. The molecule has 0 radical (unpaired) electrons. The number of fused-ring (bicyclic) bond motifs is 1. The molecule has 2 nitrogen and oxygen atoms in total. The molecule has 0 atom stereocenters. The summed E-state index contributed by atoms with van der Waals surface area (Å²) in [5.74, 6) is 0.810. The van der Waals surface area contributed by atoms with Crippen LogP contribution in [-0.2, 0) is 5.41 Å². The Bertz CT molecular complexity index is 888. The van der Waals surface area contributed by atoms with E-state index < -0.39 is 0 Å². The van der Waals surface area contributed by atoms with Gasteiger partial charge in [-0.15, -0.1) is 0 Å². The van der Waals surface area contributed by atoms with Gasteiger partial charge in [0.2, 0.25) is 0 Å². The van der Waals surface area contributed by atoms with Gasteiger partial charge in [0.25, 0.3) is 0 Å². The quantitative estimate of drug-likeness (QED) is 0.586. The van der Waals surface area contributed by atoms with E-state index in [1.807, 2.05) is 30.3 Å². The lowest BCUT2D eigenvalue weighted by Gasteiger charge is -2.19. The molecule has 22 heavy (non-hydrogen) atoms. The van der Waals surface area contributed by atoms with Gasteiger partial charge in [0, 0.05) is 16.5 Å². The summed E-state index contributed by atoms with van der Waals surface area (Å²) in [6, 6.07) is 16.1. The van der Waals surface area contributed by atoms with Crippen molar-refractivity contribution in [3.63, 3.8) is 0 Å². The number of aryl methyl sites for hydroxylation is 1. The number of nitriles is 1. The number of hydrogen-bond acceptors (Lipinski definition) is 2. The summed E-state index contributed by atoms with van der Waals surface area (Å²) in [6.07, 6.45) is 0. The molecule has 0 bridgehead atoms. The third-order valence-corrected chi connectivity index (χ3v) is 3.89. The van der Waals surface area contributed by atoms with Gasteiger partial charge in [-0.05, 0) is 36.6 Å². The Balaban J connectivity index is 2.42. The van der Waals surface area contributed by atoms with Gasteiger partial charge in [0.05, 0.1) is 11.6 Å². The van der Waals surface area contributed by atoms with Crippen molar-refractivity contribution in [2.24, 2.45) is 0 Å². The van der Waals surface area contributed by atoms with Crippen LogP contribution in [0.5, 0.6) is 0 Å². The normalized spacial score (nSPS) is 11.6. The number of furan rings is 1. The molecule has 0 unspecified atom stereocenters. The molecule has 3 rings (SSSR count). The third kappa shape index (κ3) is 2.29. The van der Waals surface area contributed by atoms with Crippen LogP contribution >= 0.6 is 0 Å². The maximum absolute atomic E-state index is 9.40. The summed E-state index contributed by atoms with van der Waals surface area (Å²) in [6.45, 7) is 8.62. The van der Waals surface area contributed by atoms with Crippen molar-refractivity contribution in [3.05, 3.63) is 59.2 Å². The minimum atomic E-state index is -0.0725. The first kappa shape index (κ1) is 14.4. The lowest BCUT2D eigenvalue weighted by Crippen LogP contribution is -2.12. The highest BCUT2D eigenvalue weighted by molar-refractivity contribution is 5.90.